The van der Waals surface area contributed by atoms with Gasteiger partial charge in [-0.25, -0.2) is 12.7 Å². The molecule has 0 saturated heterocycles. The first-order valence-corrected chi connectivity index (χ1v) is 7.99. The van der Waals surface area contributed by atoms with Crippen molar-refractivity contribution in [2.45, 2.75) is 29.7 Å². The fourth-order valence-electron chi connectivity index (χ4n) is 1.43. The normalized spacial score (nSPS) is 11.8. The summed E-state index contributed by atoms with van der Waals surface area (Å²) in [5.74, 6) is 0.489. The van der Waals surface area contributed by atoms with Crippen LogP contribution in [-0.2, 0) is 29.5 Å². The Kier molecular flexibility index (Phi) is 8.00. The van der Waals surface area contributed by atoms with Gasteiger partial charge in [-0.1, -0.05) is 23.2 Å². The van der Waals surface area contributed by atoms with E-state index < -0.39 is 14.9 Å². The summed E-state index contributed by atoms with van der Waals surface area (Å²) in [4.78, 5) is -0.721. The largest absolute Gasteiger partial charge is 2.00 e. The summed E-state index contributed by atoms with van der Waals surface area (Å²) < 4.78 is 30.8. The van der Waals surface area contributed by atoms with Crippen molar-refractivity contribution in [2.24, 2.45) is 0 Å². The molecule has 0 radical (unpaired) electrons. The first-order valence-electron chi connectivity index (χ1n) is 5.67. The smallest absolute Gasteiger partial charge is 0.491 e. The monoisotopic (exact) mass is 427 g/mol. The summed E-state index contributed by atoms with van der Waals surface area (Å²) in [5, 5.41) is 0. The van der Waals surface area contributed by atoms with Gasteiger partial charge in [0.05, 0.1) is 11.0 Å². The Morgan fingerprint density at radius 2 is 1.75 bits per heavy atom. The minimum absolute atomic E-state index is 0. The Labute approximate surface area is 143 Å². The van der Waals surface area contributed by atoms with E-state index in [4.69, 9.17) is 27.9 Å². The first kappa shape index (κ1) is 20.1. The van der Waals surface area contributed by atoms with E-state index in [2.05, 4.69) is 0 Å². The van der Waals surface area contributed by atoms with Gasteiger partial charge < -0.3 is 4.74 Å². The predicted octanol–water partition coefficient (Wildman–Crippen LogP) is 3.20. The van der Waals surface area contributed by atoms with Gasteiger partial charge in [-0.3, -0.25) is 0 Å². The molecule has 0 fully saturated rings. The Bertz CT molecular complexity index is 548. The van der Waals surface area contributed by atoms with Crippen molar-refractivity contribution in [3.8, 4) is 5.75 Å². The maximum absolute atomic E-state index is 12.0. The van der Waals surface area contributed by atoms with Crippen LogP contribution in [0.25, 0.3) is 0 Å². The first-order chi connectivity index (χ1) is 8.66. The second-order valence-electron chi connectivity index (χ2n) is 4.45. The van der Waals surface area contributed by atoms with Gasteiger partial charge in [0, 0.05) is 19.7 Å². The van der Waals surface area contributed by atoms with E-state index in [1.165, 1.54) is 26.2 Å². The standard InChI is InChI=1S/C12H17Cl2NO3S.Ru/c1-8(2)18-11-6-5-9(7-10(11)12(13)14)19(16,17)15(3)4;/h5-8,12H,1-4H3;/q;+2. The van der Waals surface area contributed by atoms with Gasteiger partial charge in [0.25, 0.3) is 0 Å². The van der Waals surface area contributed by atoms with Crippen LogP contribution >= 0.6 is 23.2 Å². The molecule has 0 aliphatic rings. The molecular weight excluding hydrogens is 410 g/mol. The van der Waals surface area contributed by atoms with Gasteiger partial charge >= 0.3 is 19.5 Å². The number of sulfonamides is 1. The molecule has 0 saturated carbocycles. The average molecular weight is 427 g/mol. The van der Waals surface area contributed by atoms with Crippen molar-refractivity contribution in [1.82, 2.24) is 4.31 Å². The van der Waals surface area contributed by atoms with Crippen LogP contribution in [0.2, 0.25) is 0 Å². The van der Waals surface area contributed by atoms with Gasteiger partial charge in [-0.05, 0) is 32.0 Å². The number of hydrogen-bond acceptors (Lipinski definition) is 3. The van der Waals surface area contributed by atoms with E-state index >= 15 is 0 Å². The zero-order chi connectivity index (χ0) is 14.8. The molecular formula is C12H17Cl2NO3RuS+2. The number of ether oxygens (including phenoxy) is 1. The molecule has 1 aromatic rings. The van der Waals surface area contributed by atoms with Crippen LogP contribution in [0, 0.1) is 0 Å². The third kappa shape index (κ3) is 4.85. The molecule has 0 N–H and O–H groups in total. The van der Waals surface area contributed by atoms with Crippen LogP contribution in [0.4, 0.5) is 0 Å². The molecule has 8 heteroatoms. The molecule has 0 amide bonds. The van der Waals surface area contributed by atoms with Crippen molar-refractivity contribution >= 4 is 33.2 Å². The Morgan fingerprint density at radius 3 is 2.15 bits per heavy atom. The SMILES string of the molecule is CC(C)Oc1ccc(S(=O)(=O)N(C)C)cc1C(Cl)Cl.[Ru+2]. The molecule has 0 atom stereocenters. The third-order valence-corrected chi connectivity index (χ3v) is 4.64. The van der Waals surface area contributed by atoms with Crippen LogP contribution in [0.5, 0.6) is 5.75 Å². The number of alkyl halides is 2. The van der Waals surface area contributed by atoms with Crippen LogP contribution in [0.3, 0.4) is 0 Å². The Balaban J connectivity index is 0.00000361. The second kappa shape index (κ2) is 7.95. The molecule has 0 unspecified atom stereocenters. The summed E-state index contributed by atoms with van der Waals surface area (Å²) in [6, 6.07) is 4.49. The number of hydrogen-bond donors (Lipinski definition) is 0. The number of halogens is 2. The van der Waals surface area contributed by atoms with Crippen LogP contribution in [-0.4, -0.2) is 32.9 Å². The van der Waals surface area contributed by atoms with E-state index in [1.807, 2.05) is 13.8 Å². The molecule has 1 aromatic carbocycles. The van der Waals surface area contributed by atoms with Crippen molar-refractivity contribution in [3.63, 3.8) is 0 Å². The van der Waals surface area contributed by atoms with Gasteiger partial charge in [0.15, 0.2) is 0 Å². The maximum Gasteiger partial charge on any atom is 2.00 e. The molecule has 0 aromatic heterocycles. The van der Waals surface area contributed by atoms with Crippen molar-refractivity contribution < 1.29 is 32.6 Å². The summed E-state index contributed by atoms with van der Waals surface area (Å²) in [7, 11) is -0.588. The average Bonchev–Trinajstić information content (AvgIpc) is 2.27. The Morgan fingerprint density at radius 1 is 1.20 bits per heavy atom. The summed E-state index contributed by atoms with van der Waals surface area (Å²) in [6.07, 6.45) is -0.0536. The predicted molar refractivity (Wildman–Crippen MR) is 77.5 cm³/mol. The summed E-state index contributed by atoms with van der Waals surface area (Å²) in [5.41, 5.74) is 0.444. The zero-order valence-corrected chi connectivity index (χ0v) is 15.6. The van der Waals surface area contributed by atoms with Gasteiger partial charge in [-0.2, -0.15) is 0 Å². The van der Waals surface area contributed by atoms with E-state index in [0.29, 0.717) is 11.3 Å². The minimum Gasteiger partial charge on any atom is -0.491 e. The molecule has 114 valence electrons. The minimum atomic E-state index is -3.52. The van der Waals surface area contributed by atoms with E-state index in [1.54, 1.807) is 6.07 Å². The summed E-state index contributed by atoms with van der Waals surface area (Å²) >= 11 is 11.7. The third-order valence-electron chi connectivity index (χ3n) is 2.36. The maximum atomic E-state index is 12.0. The molecule has 0 heterocycles. The Hall–Kier alpha value is 0.133. The fourth-order valence-corrected chi connectivity index (χ4v) is 2.71. The van der Waals surface area contributed by atoms with E-state index in [0.717, 1.165) is 4.31 Å². The molecule has 1 rings (SSSR count). The number of rotatable bonds is 5. The molecule has 0 spiro atoms. The second-order valence-corrected chi connectivity index (χ2v) is 7.70. The van der Waals surface area contributed by atoms with E-state index in [-0.39, 0.29) is 30.5 Å². The van der Waals surface area contributed by atoms with Crippen LogP contribution in [0.15, 0.2) is 23.1 Å². The molecule has 20 heavy (non-hydrogen) atoms. The van der Waals surface area contributed by atoms with Gasteiger partial charge in [0.2, 0.25) is 10.0 Å². The number of nitrogens with zero attached hydrogens (tertiary/aromatic N) is 1. The molecule has 0 aliphatic carbocycles. The van der Waals surface area contributed by atoms with E-state index in [9.17, 15) is 8.42 Å². The fraction of sp³-hybridized carbons (Fsp3) is 0.500. The zero-order valence-electron chi connectivity index (χ0n) is 11.6. The van der Waals surface area contributed by atoms with Crippen molar-refractivity contribution in [2.75, 3.05) is 14.1 Å². The quantitative estimate of drug-likeness (QED) is 0.536. The van der Waals surface area contributed by atoms with Gasteiger partial charge in [0.1, 0.15) is 10.6 Å². The number of benzene rings is 1. The summed E-state index contributed by atoms with van der Waals surface area (Å²) in [6.45, 7) is 3.73. The topological polar surface area (TPSA) is 46.6 Å². The van der Waals surface area contributed by atoms with Crippen molar-refractivity contribution in [1.29, 1.82) is 0 Å². The molecule has 0 aliphatic heterocycles. The van der Waals surface area contributed by atoms with Crippen LogP contribution in [0.1, 0.15) is 24.2 Å². The van der Waals surface area contributed by atoms with Crippen molar-refractivity contribution in [3.05, 3.63) is 23.8 Å². The van der Waals surface area contributed by atoms with Crippen LogP contribution < -0.4 is 4.74 Å². The molecule has 0 bridgehead atoms. The van der Waals surface area contributed by atoms with Gasteiger partial charge in [-0.15, -0.1) is 0 Å². The molecule has 4 nitrogen and oxygen atoms in total.